The number of rotatable bonds is 9. The molecule has 1 aliphatic rings. The zero-order valence-electron chi connectivity index (χ0n) is 15.3. The molecule has 1 fully saturated rings. The van der Waals surface area contributed by atoms with E-state index in [1.54, 1.807) is 6.92 Å². The highest BCUT2D eigenvalue weighted by Gasteiger charge is 2.30. The summed E-state index contributed by atoms with van der Waals surface area (Å²) in [5.41, 5.74) is 2.96. The van der Waals surface area contributed by atoms with Gasteiger partial charge in [0.2, 0.25) is 11.8 Å². The molecule has 1 atom stereocenters. The van der Waals surface area contributed by atoms with Gasteiger partial charge in [0.15, 0.2) is 0 Å². The number of aliphatic hydroxyl groups excluding tert-OH is 1. The molecule has 25 heavy (non-hydrogen) atoms. The first-order valence-corrected chi connectivity index (χ1v) is 8.91. The highest BCUT2D eigenvalue weighted by molar-refractivity contribution is 5.93. The summed E-state index contributed by atoms with van der Waals surface area (Å²) in [7, 11) is 0. The van der Waals surface area contributed by atoms with E-state index < -0.39 is 6.10 Å². The SMILES string of the molecule is Cc1cccc(C)c1NC(=O)CN(CCC(=O)NCC(C)O)C1CC1. The monoisotopic (exact) mass is 347 g/mol. The lowest BCUT2D eigenvalue weighted by atomic mass is 10.1. The van der Waals surface area contributed by atoms with Gasteiger partial charge in [-0.1, -0.05) is 18.2 Å². The number of benzene rings is 1. The average molecular weight is 347 g/mol. The molecular formula is C19H29N3O3. The first kappa shape index (κ1) is 19.4. The average Bonchev–Trinajstić information content (AvgIpc) is 3.38. The van der Waals surface area contributed by atoms with Gasteiger partial charge >= 0.3 is 0 Å². The molecule has 1 aliphatic carbocycles. The molecule has 1 aromatic carbocycles. The molecule has 1 aromatic rings. The van der Waals surface area contributed by atoms with Crippen LogP contribution in [0.25, 0.3) is 0 Å². The number of hydrogen-bond acceptors (Lipinski definition) is 4. The van der Waals surface area contributed by atoms with Gasteiger partial charge < -0.3 is 15.7 Å². The third kappa shape index (κ3) is 6.48. The van der Waals surface area contributed by atoms with Gasteiger partial charge in [0, 0.05) is 31.2 Å². The highest BCUT2D eigenvalue weighted by Crippen LogP contribution is 2.27. The minimum atomic E-state index is -0.549. The molecule has 6 heteroatoms. The molecular weight excluding hydrogens is 318 g/mol. The van der Waals surface area contributed by atoms with E-state index >= 15 is 0 Å². The Morgan fingerprint density at radius 1 is 1.24 bits per heavy atom. The van der Waals surface area contributed by atoms with Gasteiger partial charge in [-0.3, -0.25) is 14.5 Å². The van der Waals surface area contributed by atoms with Gasteiger partial charge in [-0.25, -0.2) is 0 Å². The van der Waals surface area contributed by atoms with Crippen LogP contribution in [0.1, 0.15) is 37.3 Å². The topological polar surface area (TPSA) is 81.7 Å². The Morgan fingerprint density at radius 3 is 2.44 bits per heavy atom. The summed E-state index contributed by atoms with van der Waals surface area (Å²) in [6.07, 6.45) is 1.93. The zero-order chi connectivity index (χ0) is 18.4. The lowest BCUT2D eigenvalue weighted by Gasteiger charge is -2.22. The zero-order valence-corrected chi connectivity index (χ0v) is 15.3. The van der Waals surface area contributed by atoms with Gasteiger partial charge in [-0.05, 0) is 44.7 Å². The van der Waals surface area contributed by atoms with Crippen LogP contribution in [0.5, 0.6) is 0 Å². The summed E-state index contributed by atoms with van der Waals surface area (Å²) in [6.45, 7) is 6.70. The molecule has 0 saturated heterocycles. The standard InChI is InChI=1S/C19H29N3O3/c1-13-5-4-6-14(2)19(13)21-18(25)12-22(16-7-8-16)10-9-17(24)20-11-15(3)23/h4-6,15-16,23H,7-12H2,1-3H3,(H,20,24)(H,21,25). The van der Waals surface area contributed by atoms with Crippen LogP contribution in [0.4, 0.5) is 5.69 Å². The van der Waals surface area contributed by atoms with Crippen LogP contribution in [0.3, 0.4) is 0 Å². The lowest BCUT2D eigenvalue weighted by Crippen LogP contribution is -2.38. The number of aryl methyl sites for hydroxylation is 2. The van der Waals surface area contributed by atoms with Crippen molar-refractivity contribution in [2.75, 3.05) is 25.0 Å². The van der Waals surface area contributed by atoms with Crippen molar-refractivity contribution in [2.24, 2.45) is 0 Å². The van der Waals surface area contributed by atoms with Gasteiger partial charge in [0.25, 0.3) is 0 Å². The second-order valence-corrected chi connectivity index (χ2v) is 6.92. The second kappa shape index (κ2) is 8.97. The fourth-order valence-electron chi connectivity index (χ4n) is 2.80. The summed E-state index contributed by atoms with van der Waals surface area (Å²) in [4.78, 5) is 26.3. The van der Waals surface area contributed by atoms with Crippen LogP contribution >= 0.6 is 0 Å². The molecule has 0 heterocycles. The number of nitrogens with one attached hydrogen (secondary N) is 2. The van der Waals surface area contributed by atoms with Crippen molar-refractivity contribution in [2.45, 2.75) is 52.2 Å². The summed E-state index contributed by atoms with van der Waals surface area (Å²) in [5, 5.41) is 14.9. The second-order valence-electron chi connectivity index (χ2n) is 6.92. The van der Waals surface area contributed by atoms with Crippen molar-refractivity contribution in [3.8, 4) is 0 Å². The smallest absolute Gasteiger partial charge is 0.238 e. The van der Waals surface area contributed by atoms with Crippen LogP contribution in [0, 0.1) is 13.8 Å². The molecule has 2 amide bonds. The maximum absolute atomic E-state index is 12.4. The van der Waals surface area contributed by atoms with E-state index in [1.165, 1.54) is 0 Å². The Kier molecular flexibility index (Phi) is 6.96. The minimum Gasteiger partial charge on any atom is -0.392 e. The summed E-state index contributed by atoms with van der Waals surface area (Å²) in [6, 6.07) is 6.33. The lowest BCUT2D eigenvalue weighted by molar-refractivity contribution is -0.123. The Bertz CT molecular complexity index is 592. The maximum atomic E-state index is 12.4. The summed E-state index contributed by atoms with van der Waals surface area (Å²) in [5.74, 6) is -0.143. The van der Waals surface area contributed by atoms with Crippen molar-refractivity contribution in [1.82, 2.24) is 10.2 Å². The Hall–Kier alpha value is -1.92. The molecule has 0 spiro atoms. The van der Waals surface area contributed by atoms with Gasteiger partial charge in [-0.2, -0.15) is 0 Å². The van der Waals surface area contributed by atoms with Gasteiger partial charge in [0.1, 0.15) is 0 Å². The molecule has 0 radical (unpaired) electrons. The van der Waals surface area contributed by atoms with E-state index in [1.807, 2.05) is 32.0 Å². The van der Waals surface area contributed by atoms with E-state index in [4.69, 9.17) is 0 Å². The molecule has 0 bridgehead atoms. The van der Waals surface area contributed by atoms with Crippen LogP contribution in [0.15, 0.2) is 18.2 Å². The van der Waals surface area contributed by atoms with Gasteiger partial charge in [0.05, 0.1) is 12.6 Å². The normalized spacial score (nSPS) is 15.1. The number of amides is 2. The third-order valence-electron chi connectivity index (χ3n) is 4.38. The fourth-order valence-corrected chi connectivity index (χ4v) is 2.80. The first-order chi connectivity index (χ1) is 11.9. The quantitative estimate of drug-likeness (QED) is 0.634. The highest BCUT2D eigenvalue weighted by atomic mass is 16.3. The maximum Gasteiger partial charge on any atom is 0.238 e. The van der Waals surface area contributed by atoms with Crippen LogP contribution in [-0.2, 0) is 9.59 Å². The van der Waals surface area contributed by atoms with Crippen molar-refractivity contribution < 1.29 is 14.7 Å². The largest absolute Gasteiger partial charge is 0.392 e. The van der Waals surface area contributed by atoms with Crippen molar-refractivity contribution in [1.29, 1.82) is 0 Å². The number of aliphatic hydroxyl groups is 1. The first-order valence-electron chi connectivity index (χ1n) is 8.91. The van der Waals surface area contributed by atoms with Crippen molar-refractivity contribution in [3.05, 3.63) is 29.3 Å². The van der Waals surface area contributed by atoms with Gasteiger partial charge in [-0.15, -0.1) is 0 Å². The summed E-state index contributed by atoms with van der Waals surface area (Å²) < 4.78 is 0. The van der Waals surface area contributed by atoms with Crippen LogP contribution < -0.4 is 10.6 Å². The van der Waals surface area contributed by atoms with Crippen molar-refractivity contribution in [3.63, 3.8) is 0 Å². The molecule has 1 saturated carbocycles. The molecule has 3 N–H and O–H groups in total. The summed E-state index contributed by atoms with van der Waals surface area (Å²) >= 11 is 0. The predicted molar refractivity (Wildman–Crippen MR) is 98.4 cm³/mol. The Morgan fingerprint density at radius 2 is 1.88 bits per heavy atom. The third-order valence-corrected chi connectivity index (χ3v) is 4.38. The number of carbonyl (C=O) groups is 2. The van der Waals surface area contributed by atoms with Crippen LogP contribution in [-0.4, -0.2) is 53.6 Å². The number of carbonyl (C=O) groups excluding carboxylic acids is 2. The van der Waals surface area contributed by atoms with Crippen LogP contribution in [0.2, 0.25) is 0 Å². The number of nitrogens with zero attached hydrogens (tertiary/aromatic N) is 1. The number of hydrogen-bond donors (Lipinski definition) is 3. The number of anilines is 1. The molecule has 138 valence electrons. The minimum absolute atomic E-state index is 0.0475. The van der Waals surface area contributed by atoms with E-state index in [9.17, 15) is 14.7 Å². The molecule has 0 aliphatic heterocycles. The number of para-hydroxylation sites is 1. The molecule has 0 aromatic heterocycles. The Balaban J connectivity index is 1.84. The fraction of sp³-hybridized carbons (Fsp3) is 0.579. The molecule has 2 rings (SSSR count). The predicted octanol–water partition coefficient (Wildman–Crippen LogP) is 1.59. The van der Waals surface area contributed by atoms with E-state index in [0.29, 0.717) is 25.6 Å². The molecule has 1 unspecified atom stereocenters. The van der Waals surface area contributed by atoms with E-state index in [2.05, 4.69) is 15.5 Å². The molecule has 6 nitrogen and oxygen atoms in total. The van der Waals surface area contributed by atoms with E-state index in [0.717, 1.165) is 29.7 Å². The Labute approximate surface area is 149 Å². The van der Waals surface area contributed by atoms with E-state index in [-0.39, 0.29) is 18.4 Å². The van der Waals surface area contributed by atoms with Crippen molar-refractivity contribution >= 4 is 17.5 Å².